The van der Waals surface area contributed by atoms with Gasteiger partial charge in [-0.05, 0) is 30.3 Å². The highest BCUT2D eigenvalue weighted by Crippen LogP contribution is 2.16. The van der Waals surface area contributed by atoms with E-state index in [4.69, 9.17) is 4.74 Å². The van der Waals surface area contributed by atoms with Gasteiger partial charge >= 0.3 is 6.16 Å². The number of amides is 1. The summed E-state index contributed by atoms with van der Waals surface area (Å²) in [6, 6.07) is 8.01. The molecule has 10 heteroatoms. The van der Waals surface area contributed by atoms with Crippen LogP contribution >= 0.6 is 0 Å². The fourth-order valence-corrected chi connectivity index (χ4v) is 2.67. The van der Waals surface area contributed by atoms with Gasteiger partial charge in [0, 0.05) is 12.3 Å². The largest absolute Gasteiger partial charge is 0.514 e. The second kappa shape index (κ2) is 7.62. The summed E-state index contributed by atoms with van der Waals surface area (Å²) in [5.74, 6) is -0.495. The van der Waals surface area contributed by atoms with Crippen LogP contribution in [0.3, 0.4) is 0 Å². The number of ether oxygens (including phenoxy) is 3. The molecule has 1 aromatic carbocycles. The van der Waals surface area contributed by atoms with Crippen LogP contribution in [0.15, 0.2) is 47.5 Å². The van der Waals surface area contributed by atoms with Gasteiger partial charge in [-0.2, -0.15) is 0 Å². The average molecular weight is 366 g/mol. The Hall–Kier alpha value is -3.14. The molecule has 0 saturated heterocycles. The molecule has 0 unspecified atom stereocenters. The first-order valence-corrected chi connectivity index (χ1v) is 8.27. The molecule has 0 aliphatic carbocycles. The molecule has 0 spiro atoms. The number of carbonyl (C=O) groups excluding carboxylic acids is 2. The molecule has 0 atom stereocenters. The number of hydrogen-bond donors (Lipinski definition) is 1. The van der Waals surface area contributed by atoms with Crippen LogP contribution in [-0.2, 0) is 14.8 Å². The van der Waals surface area contributed by atoms with Crippen molar-refractivity contribution in [3.8, 4) is 11.6 Å². The third-order valence-corrected chi connectivity index (χ3v) is 4.30. The maximum Gasteiger partial charge on any atom is 0.514 e. The first kappa shape index (κ1) is 18.2. The number of benzene rings is 1. The third-order valence-electron chi connectivity index (χ3n) is 2.95. The summed E-state index contributed by atoms with van der Waals surface area (Å²) in [6.45, 7) is 0. The van der Waals surface area contributed by atoms with Gasteiger partial charge in [0.25, 0.3) is 15.9 Å². The van der Waals surface area contributed by atoms with Gasteiger partial charge in [-0.25, -0.2) is 22.9 Å². The lowest BCUT2D eigenvalue weighted by atomic mass is 10.3. The van der Waals surface area contributed by atoms with Gasteiger partial charge in [0.1, 0.15) is 5.75 Å². The third kappa shape index (κ3) is 4.67. The molecule has 0 radical (unpaired) electrons. The minimum Gasteiger partial charge on any atom is -0.497 e. The molecule has 9 nitrogen and oxygen atoms in total. The second-order valence-electron chi connectivity index (χ2n) is 4.55. The van der Waals surface area contributed by atoms with Crippen LogP contribution in [0.25, 0.3) is 0 Å². The topological polar surface area (TPSA) is 121 Å². The standard InChI is InChI=1S/C15H14N2O7S/c1-22-11-4-6-12(7-5-11)25(20,21)17-14(18)10-3-8-13(16-9-10)24-15(19)23-2/h3-9H,1-2H3,(H,17,18). The molecular weight excluding hydrogens is 352 g/mol. The normalized spacial score (nSPS) is 10.6. The number of pyridine rings is 1. The quantitative estimate of drug-likeness (QED) is 0.787. The van der Waals surface area contributed by atoms with Gasteiger partial charge < -0.3 is 14.2 Å². The number of sulfonamides is 1. The predicted molar refractivity (Wildman–Crippen MR) is 84.9 cm³/mol. The molecule has 1 N–H and O–H groups in total. The molecule has 25 heavy (non-hydrogen) atoms. The maximum atomic E-state index is 12.2. The van der Waals surface area contributed by atoms with E-state index in [9.17, 15) is 18.0 Å². The minimum absolute atomic E-state index is 0.0331. The maximum absolute atomic E-state index is 12.2. The number of aromatic nitrogens is 1. The number of nitrogens with zero attached hydrogens (tertiary/aromatic N) is 1. The Morgan fingerprint density at radius 2 is 1.72 bits per heavy atom. The van der Waals surface area contributed by atoms with Crippen molar-refractivity contribution in [1.82, 2.24) is 9.71 Å². The average Bonchev–Trinajstić information content (AvgIpc) is 2.61. The summed E-state index contributed by atoms with van der Waals surface area (Å²) in [4.78, 5) is 26.6. The van der Waals surface area contributed by atoms with Gasteiger partial charge in [-0.3, -0.25) is 4.79 Å². The Morgan fingerprint density at radius 3 is 2.24 bits per heavy atom. The lowest BCUT2D eigenvalue weighted by Crippen LogP contribution is -2.30. The first-order valence-electron chi connectivity index (χ1n) is 6.79. The molecule has 1 aromatic heterocycles. The molecule has 0 aliphatic rings. The molecule has 0 bridgehead atoms. The van der Waals surface area contributed by atoms with Crippen LogP contribution in [0, 0.1) is 0 Å². The van der Waals surface area contributed by atoms with Crippen LogP contribution in [-0.4, -0.2) is 39.7 Å². The van der Waals surface area contributed by atoms with E-state index in [1.807, 2.05) is 4.72 Å². The van der Waals surface area contributed by atoms with E-state index >= 15 is 0 Å². The van der Waals surface area contributed by atoms with Crippen molar-refractivity contribution in [2.45, 2.75) is 4.90 Å². The van der Waals surface area contributed by atoms with E-state index in [0.717, 1.165) is 13.3 Å². The monoisotopic (exact) mass is 366 g/mol. The van der Waals surface area contributed by atoms with Gasteiger partial charge in [-0.15, -0.1) is 0 Å². The highest BCUT2D eigenvalue weighted by molar-refractivity contribution is 7.90. The lowest BCUT2D eigenvalue weighted by molar-refractivity contribution is 0.0981. The Balaban J connectivity index is 2.10. The van der Waals surface area contributed by atoms with Crippen molar-refractivity contribution in [3.63, 3.8) is 0 Å². The number of rotatable bonds is 5. The summed E-state index contributed by atoms with van der Waals surface area (Å²) in [7, 11) is -1.47. The Kier molecular flexibility index (Phi) is 5.55. The van der Waals surface area contributed by atoms with Crippen LogP contribution < -0.4 is 14.2 Å². The molecule has 1 amide bonds. The van der Waals surface area contributed by atoms with E-state index in [2.05, 4.69) is 14.5 Å². The van der Waals surface area contributed by atoms with E-state index < -0.39 is 22.1 Å². The summed E-state index contributed by atoms with van der Waals surface area (Å²) in [5, 5.41) is 0. The van der Waals surface area contributed by atoms with Crippen molar-refractivity contribution in [2.75, 3.05) is 14.2 Å². The molecule has 0 saturated carbocycles. The highest BCUT2D eigenvalue weighted by atomic mass is 32.2. The Morgan fingerprint density at radius 1 is 1.04 bits per heavy atom. The van der Waals surface area contributed by atoms with Crippen LogP contribution in [0.2, 0.25) is 0 Å². The Bertz CT molecular complexity index is 862. The van der Waals surface area contributed by atoms with Crippen molar-refractivity contribution >= 4 is 22.1 Å². The van der Waals surface area contributed by atoms with Gasteiger partial charge in [0.05, 0.1) is 24.7 Å². The molecule has 1 heterocycles. The number of hydrogen-bond acceptors (Lipinski definition) is 8. The highest BCUT2D eigenvalue weighted by Gasteiger charge is 2.19. The Labute approximate surface area is 143 Å². The molecule has 0 fully saturated rings. The van der Waals surface area contributed by atoms with E-state index in [1.165, 1.54) is 43.5 Å². The van der Waals surface area contributed by atoms with Gasteiger partial charge in [-0.1, -0.05) is 0 Å². The van der Waals surface area contributed by atoms with Crippen molar-refractivity contribution in [1.29, 1.82) is 0 Å². The van der Waals surface area contributed by atoms with Crippen LogP contribution in [0.5, 0.6) is 11.6 Å². The van der Waals surface area contributed by atoms with Gasteiger partial charge in [0.2, 0.25) is 5.88 Å². The first-order chi connectivity index (χ1) is 11.9. The fourth-order valence-electron chi connectivity index (χ4n) is 1.70. The molecule has 132 valence electrons. The summed E-state index contributed by atoms with van der Waals surface area (Å²) >= 11 is 0. The zero-order valence-corrected chi connectivity index (χ0v) is 14.1. The number of carbonyl (C=O) groups is 2. The van der Waals surface area contributed by atoms with Crippen molar-refractivity contribution in [3.05, 3.63) is 48.2 Å². The molecule has 2 rings (SSSR count). The van der Waals surface area contributed by atoms with Crippen molar-refractivity contribution in [2.24, 2.45) is 0 Å². The molecule has 0 aliphatic heterocycles. The van der Waals surface area contributed by atoms with Crippen LogP contribution in [0.4, 0.5) is 4.79 Å². The number of methoxy groups -OCH3 is 2. The predicted octanol–water partition coefficient (Wildman–Crippen LogP) is 1.35. The van der Waals surface area contributed by atoms with E-state index in [0.29, 0.717) is 5.75 Å². The lowest BCUT2D eigenvalue weighted by Gasteiger charge is -2.08. The van der Waals surface area contributed by atoms with Gasteiger partial charge in [0.15, 0.2) is 0 Å². The smallest absolute Gasteiger partial charge is 0.497 e. The molecule has 2 aromatic rings. The van der Waals surface area contributed by atoms with Crippen LogP contribution in [0.1, 0.15) is 10.4 Å². The van der Waals surface area contributed by atoms with E-state index in [-0.39, 0.29) is 16.3 Å². The molecular formula is C15H14N2O7S. The fraction of sp³-hybridized carbons (Fsp3) is 0.133. The zero-order chi connectivity index (χ0) is 18.4. The van der Waals surface area contributed by atoms with E-state index in [1.54, 1.807) is 0 Å². The summed E-state index contributed by atoms with van der Waals surface area (Å²) in [5.41, 5.74) is -0.0331. The number of nitrogens with one attached hydrogen (secondary N) is 1. The van der Waals surface area contributed by atoms with Crippen molar-refractivity contribution < 1.29 is 32.2 Å². The SMILES string of the molecule is COC(=O)Oc1ccc(C(=O)NS(=O)(=O)c2ccc(OC)cc2)cn1. The zero-order valence-electron chi connectivity index (χ0n) is 13.3. The minimum atomic E-state index is -4.05. The summed E-state index contributed by atoms with van der Waals surface area (Å²) in [6.07, 6.45) is 0.101. The summed E-state index contributed by atoms with van der Waals surface area (Å²) < 4.78 is 40.2. The second-order valence-corrected chi connectivity index (χ2v) is 6.23.